The summed E-state index contributed by atoms with van der Waals surface area (Å²) in [5, 5.41) is 2.47. The van der Waals surface area contributed by atoms with Crippen molar-refractivity contribution in [2.24, 2.45) is 0 Å². The molecular weight excluding hydrogens is 381 g/mol. The normalized spacial score (nSPS) is 22.7. The molecule has 3 rings (SSSR count). The molecule has 2 aromatic rings. The Morgan fingerprint density at radius 3 is 2.62 bits per heavy atom. The average Bonchev–Trinajstić information content (AvgIpc) is 2.61. The van der Waals surface area contributed by atoms with Crippen molar-refractivity contribution in [3.63, 3.8) is 0 Å². The van der Waals surface area contributed by atoms with E-state index in [1.807, 2.05) is 6.07 Å². The van der Waals surface area contributed by atoms with Gasteiger partial charge in [0.2, 0.25) is 5.91 Å². The maximum absolute atomic E-state index is 13.3. The van der Waals surface area contributed by atoms with Gasteiger partial charge in [-0.1, -0.05) is 41.9 Å². The van der Waals surface area contributed by atoms with Gasteiger partial charge in [-0.05, 0) is 30.2 Å². The van der Waals surface area contributed by atoms with Crippen molar-refractivity contribution in [1.82, 2.24) is 9.03 Å². The van der Waals surface area contributed by atoms with Crippen LogP contribution in [0.4, 0.5) is 10.1 Å². The van der Waals surface area contributed by atoms with Crippen LogP contribution in [0.5, 0.6) is 0 Å². The lowest BCUT2D eigenvalue weighted by Gasteiger charge is -2.36. The van der Waals surface area contributed by atoms with E-state index in [9.17, 15) is 17.6 Å². The maximum Gasteiger partial charge on any atom is 0.280 e. The molecule has 1 saturated heterocycles. The van der Waals surface area contributed by atoms with Crippen LogP contribution in [0.2, 0.25) is 5.02 Å². The number of rotatable bonds is 3. The third kappa shape index (κ3) is 3.88. The monoisotopic (exact) mass is 397 g/mol. The molecule has 0 spiro atoms. The van der Waals surface area contributed by atoms with Crippen molar-refractivity contribution in [2.45, 2.75) is 18.5 Å². The highest BCUT2D eigenvalue weighted by Gasteiger charge is 2.40. The van der Waals surface area contributed by atoms with Gasteiger partial charge in [0.25, 0.3) is 10.2 Å². The minimum absolute atomic E-state index is 0.128. The Balaban J connectivity index is 1.84. The number of hydrogen-bond donors (Lipinski definition) is 2. The molecule has 1 amide bonds. The van der Waals surface area contributed by atoms with Gasteiger partial charge in [0, 0.05) is 18.8 Å². The molecule has 0 aliphatic carbocycles. The van der Waals surface area contributed by atoms with E-state index in [2.05, 4.69) is 10.0 Å². The van der Waals surface area contributed by atoms with Gasteiger partial charge in [-0.2, -0.15) is 17.4 Å². The molecule has 26 heavy (non-hydrogen) atoms. The van der Waals surface area contributed by atoms with Crippen molar-refractivity contribution in [2.75, 3.05) is 12.4 Å². The molecule has 0 saturated carbocycles. The number of carbonyl (C=O) groups is 1. The first-order valence-electron chi connectivity index (χ1n) is 7.84. The van der Waals surface area contributed by atoms with E-state index in [-0.39, 0.29) is 11.4 Å². The summed E-state index contributed by atoms with van der Waals surface area (Å²) in [6.07, 6.45) is 0.250. The smallest absolute Gasteiger partial charge is 0.280 e. The molecule has 2 atom stereocenters. The Morgan fingerprint density at radius 2 is 1.96 bits per heavy atom. The summed E-state index contributed by atoms with van der Waals surface area (Å²) >= 11 is 5.72. The lowest BCUT2D eigenvalue weighted by atomic mass is 9.99. The highest BCUT2D eigenvalue weighted by Crippen LogP contribution is 2.28. The molecule has 6 nitrogen and oxygen atoms in total. The zero-order chi connectivity index (χ0) is 18.9. The highest BCUT2D eigenvalue weighted by molar-refractivity contribution is 7.87. The predicted molar refractivity (Wildman–Crippen MR) is 97.4 cm³/mol. The fourth-order valence-electron chi connectivity index (χ4n) is 2.81. The Kier molecular flexibility index (Phi) is 5.29. The summed E-state index contributed by atoms with van der Waals surface area (Å²) < 4.78 is 41.6. The van der Waals surface area contributed by atoms with Gasteiger partial charge in [0.1, 0.15) is 11.9 Å². The van der Waals surface area contributed by atoms with Crippen LogP contribution in [0, 0.1) is 5.82 Å². The molecule has 9 heteroatoms. The molecule has 1 aliphatic rings. The van der Waals surface area contributed by atoms with Crippen molar-refractivity contribution < 1.29 is 17.6 Å². The molecule has 1 fully saturated rings. The molecule has 0 radical (unpaired) electrons. The van der Waals surface area contributed by atoms with E-state index >= 15 is 0 Å². The molecule has 138 valence electrons. The largest absolute Gasteiger partial charge is 0.325 e. The fourth-order valence-corrected chi connectivity index (χ4v) is 4.27. The zero-order valence-electron chi connectivity index (χ0n) is 13.8. The SMILES string of the molecule is CN1[C@@H](C(=O)Nc2ccc(F)c(Cl)c2)C[C@@H](c2ccccc2)NS1(=O)=O. The van der Waals surface area contributed by atoms with E-state index < -0.39 is 34.0 Å². The van der Waals surface area contributed by atoms with Gasteiger partial charge in [-0.15, -0.1) is 0 Å². The topological polar surface area (TPSA) is 78.5 Å². The van der Waals surface area contributed by atoms with Crippen molar-refractivity contribution in [1.29, 1.82) is 0 Å². The third-order valence-corrected chi connectivity index (χ3v) is 6.14. The Bertz CT molecular complexity index is 924. The second kappa shape index (κ2) is 7.32. The van der Waals surface area contributed by atoms with Crippen LogP contribution >= 0.6 is 11.6 Å². The van der Waals surface area contributed by atoms with Gasteiger partial charge in [-0.3, -0.25) is 4.79 Å². The maximum atomic E-state index is 13.3. The first kappa shape index (κ1) is 18.8. The summed E-state index contributed by atoms with van der Waals surface area (Å²) in [6, 6.07) is 11.4. The van der Waals surface area contributed by atoms with Crippen LogP contribution in [-0.2, 0) is 15.0 Å². The van der Waals surface area contributed by atoms with E-state index in [1.54, 1.807) is 24.3 Å². The molecule has 1 aliphatic heterocycles. The van der Waals surface area contributed by atoms with Crippen molar-refractivity contribution in [3.05, 3.63) is 64.9 Å². The lowest BCUT2D eigenvalue weighted by Crippen LogP contribution is -2.55. The number of benzene rings is 2. The summed E-state index contributed by atoms with van der Waals surface area (Å²) in [7, 11) is -2.48. The quantitative estimate of drug-likeness (QED) is 0.835. The second-order valence-corrected chi connectivity index (χ2v) is 8.14. The number of likely N-dealkylation sites (N-methyl/N-ethyl adjacent to an activating group) is 1. The van der Waals surface area contributed by atoms with Crippen molar-refractivity contribution in [3.8, 4) is 0 Å². The molecule has 0 unspecified atom stereocenters. The van der Waals surface area contributed by atoms with Crippen LogP contribution in [0.3, 0.4) is 0 Å². The van der Waals surface area contributed by atoms with Crippen LogP contribution < -0.4 is 10.0 Å². The molecule has 2 aromatic carbocycles. The zero-order valence-corrected chi connectivity index (χ0v) is 15.4. The number of halogens is 2. The standard InChI is InChI=1S/C17H17ClFN3O3S/c1-22-16(17(23)20-12-7-8-14(19)13(18)9-12)10-15(21-26(22,24)25)11-5-3-2-4-6-11/h2-9,15-16,21H,10H2,1H3,(H,20,23)/t15-,16+/m0/s1. The van der Waals surface area contributed by atoms with Gasteiger partial charge in [-0.25, -0.2) is 4.39 Å². The van der Waals surface area contributed by atoms with Gasteiger partial charge in [0.15, 0.2) is 0 Å². The third-order valence-electron chi connectivity index (χ3n) is 4.26. The Hall–Kier alpha value is -2.00. The lowest BCUT2D eigenvalue weighted by molar-refractivity contribution is -0.120. The van der Waals surface area contributed by atoms with Gasteiger partial charge < -0.3 is 5.32 Å². The first-order chi connectivity index (χ1) is 12.3. The Morgan fingerprint density at radius 1 is 1.27 bits per heavy atom. The summed E-state index contributed by atoms with van der Waals surface area (Å²) in [4.78, 5) is 12.7. The summed E-state index contributed by atoms with van der Waals surface area (Å²) in [5.41, 5.74) is 1.06. The molecular formula is C17H17ClFN3O3S. The van der Waals surface area contributed by atoms with Gasteiger partial charge in [0.05, 0.1) is 5.02 Å². The van der Waals surface area contributed by atoms with E-state index in [4.69, 9.17) is 11.6 Å². The van der Waals surface area contributed by atoms with E-state index in [0.29, 0.717) is 5.69 Å². The number of hydrogen-bond acceptors (Lipinski definition) is 3. The van der Waals surface area contributed by atoms with Crippen LogP contribution in [0.15, 0.2) is 48.5 Å². The summed E-state index contributed by atoms with van der Waals surface area (Å²) in [5.74, 6) is -1.11. The number of nitrogens with zero attached hydrogens (tertiary/aromatic N) is 1. The number of amides is 1. The van der Waals surface area contributed by atoms with Gasteiger partial charge >= 0.3 is 0 Å². The number of anilines is 1. The molecule has 0 bridgehead atoms. The predicted octanol–water partition coefficient (Wildman–Crippen LogP) is 2.70. The van der Waals surface area contributed by atoms with Crippen molar-refractivity contribution >= 4 is 33.4 Å². The molecule has 1 heterocycles. The minimum Gasteiger partial charge on any atom is -0.325 e. The van der Waals surface area contributed by atoms with Crippen LogP contribution in [-0.4, -0.2) is 31.7 Å². The molecule has 0 aromatic heterocycles. The van der Waals surface area contributed by atoms with E-state index in [0.717, 1.165) is 15.9 Å². The number of nitrogens with one attached hydrogen (secondary N) is 2. The van der Waals surface area contributed by atoms with Crippen LogP contribution in [0.25, 0.3) is 0 Å². The Labute approximate surface area is 156 Å². The average molecular weight is 398 g/mol. The van der Waals surface area contributed by atoms with E-state index in [1.165, 1.54) is 19.2 Å². The molecule has 2 N–H and O–H groups in total. The highest BCUT2D eigenvalue weighted by atomic mass is 35.5. The van der Waals surface area contributed by atoms with Crippen LogP contribution in [0.1, 0.15) is 18.0 Å². The second-order valence-electron chi connectivity index (χ2n) is 5.97. The first-order valence-corrected chi connectivity index (χ1v) is 9.66. The minimum atomic E-state index is -3.82. The fraction of sp³-hybridized carbons (Fsp3) is 0.235. The summed E-state index contributed by atoms with van der Waals surface area (Å²) in [6.45, 7) is 0. The number of carbonyl (C=O) groups excluding carboxylic acids is 1.